The SMILES string of the molecule is [B]C(Nc1cc(Cl)c2ncc(C#N)c(NCC(C)(C)C)c2c1)(C1=CNNN1)c1ccc(F)nc1. The van der Waals surface area contributed by atoms with Crippen molar-refractivity contribution in [3.8, 4) is 6.07 Å². The first-order valence-corrected chi connectivity index (χ1v) is 10.9. The molecule has 1 aromatic carbocycles. The number of anilines is 2. The summed E-state index contributed by atoms with van der Waals surface area (Å²) in [5, 5.41) is 17.4. The van der Waals surface area contributed by atoms with Crippen molar-refractivity contribution < 1.29 is 4.39 Å². The van der Waals surface area contributed by atoms with Gasteiger partial charge in [0.15, 0.2) is 0 Å². The summed E-state index contributed by atoms with van der Waals surface area (Å²) < 4.78 is 13.5. The molecule has 34 heavy (non-hydrogen) atoms. The van der Waals surface area contributed by atoms with Crippen LogP contribution in [0.1, 0.15) is 31.9 Å². The van der Waals surface area contributed by atoms with Gasteiger partial charge in [-0.25, -0.2) is 4.98 Å². The molecule has 1 unspecified atom stereocenters. The van der Waals surface area contributed by atoms with Crippen LogP contribution in [0.5, 0.6) is 0 Å². The molecule has 8 nitrogen and oxygen atoms in total. The molecule has 2 aromatic heterocycles. The number of benzene rings is 1. The fourth-order valence-electron chi connectivity index (χ4n) is 3.55. The minimum atomic E-state index is -1.33. The molecule has 3 heterocycles. The quantitative estimate of drug-likeness (QED) is 0.271. The van der Waals surface area contributed by atoms with Gasteiger partial charge in [0, 0.05) is 36.2 Å². The van der Waals surface area contributed by atoms with Gasteiger partial charge in [-0.05, 0) is 29.2 Å². The summed E-state index contributed by atoms with van der Waals surface area (Å²) >= 11 is 6.60. The Morgan fingerprint density at radius 2 is 2.00 bits per heavy atom. The Labute approximate surface area is 203 Å². The third kappa shape index (κ3) is 4.71. The molecule has 0 fully saturated rings. The van der Waals surface area contributed by atoms with E-state index in [4.69, 9.17) is 19.4 Å². The monoisotopic (exact) mass is 476 g/mol. The Morgan fingerprint density at radius 3 is 2.62 bits per heavy atom. The highest BCUT2D eigenvalue weighted by atomic mass is 35.5. The number of pyridine rings is 2. The molecule has 172 valence electrons. The van der Waals surface area contributed by atoms with Gasteiger partial charge in [0.05, 0.1) is 32.9 Å². The minimum absolute atomic E-state index is 0.0232. The van der Waals surface area contributed by atoms with Gasteiger partial charge in [0.2, 0.25) is 5.95 Å². The molecule has 0 bridgehead atoms. The van der Waals surface area contributed by atoms with E-state index in [0.717, 1.165) is 0 Å². The van der Waals surface area contributed by atoms with Crippen molar-refractivity contribution in [2.45, 2.75) is 26.2 Å². The van der Waals surface area contributed by atoms with Gasteiger partial charge in [-0.2, -0.15) is 15.2 Å². The largest absolute Gasteiger partial charge is 0.383 e. The topological polar surface area (TPSA) is 110 Å². The first-order valence-electron chi connectivity index (χ1n) is 10.5. The molecule has 1 atom stereocenters. The molecule has 2 radical (unpaired) electrons. The van der Waals surface area contributed by atoms with Crippen LogP contribution in [0, 0.1) is 22.7 Å². The van der Waals surface area contributed by atoms with E-state index in [0.29, 0.717) is 50.7 Å². The third-order valence-electron chi connectivity index (χ3n) is 5.28. The van der Waals surface area contributed by atoms with Crippen LogP contribution >= 0.6 is 11.6 Å². The number of nitriles is 1. The molecule has 0 amide bonds. The van der Waals surface area contributed by atoms with Gasteiger partial charge in [-0.1, -0.05) is 38.4 Å². The molecule has 3 aromatic rings. The maximum Gasteiger partial charge on any atom is 0.212 e. The summed E-state index contributed by atoms with van der Waals surface area (Å²) in [4.78, 5) is 8.14. The summed E-state index contributed by atoms with van der Waals surface area (Å²) in [5.74, 6) is -0.617. The number of nitrogens with zero attached hydrogens (tertiary/aromatic N) is 3. The van der Waals surface area contributed by atoms with Crippen LogP contribution in [0.3, 0.4) is 0 Å². The molecule has 1 aliphatic rings. The van der Waals surface area contributed by atoms with E-state index < -0.39 is 11.4 Å². The smallest absolute Gasteiger partial charge is 0.212 e. The Morgan fingerprint density at radius 1 is 1.21 bits per heavy atom. The zero-order valence-corrected chi connectivity index (χ0v) is 19.7. The van der Waals surface area contributed by atoms with Crippen molar-refractivity contribution in [2.24, 2.45) is 5.41 Å². The molecule has 5 N–H and O–H groups in total. The normalized spacial score (nSPS) is 15.0. The Kier molecular flexibility index (Phi) is 6.25. The highest BCUT2D eigenvalue weighted by molar-refractivity contribution is 6.36. The molecule has 0 saturated carbocycles. The number of halogens is 2. The Bertz CT molecular complexity index is 1300. The average Bonchev–Trinajstić information content (AvgIpc) is 3.33. The zero-order valence-electron chi connectivity index (χ0n) is 18.9. The number of aromatic nitrogens is 2. The molecule has 0 saturated heterocycles. The number of nitrogens with one attached hydrogen (secondary N) is 5. The lowest BCUT2D eigenvalue weighted by Gasteiger charge is -2.34. The van der Waals surface area contributed by atoms with Crippen molar-refractivity contribution in [3.05, 3.63) is 70.7 Å². The number of hydrogen-bond acceptors (Lipinski definition) is 8. The first kappa shape index (κ1) is 23.6. The first-order chi connectivity index (χ1) is 16.1. The van der Waals surface area contributed by atoms with Gasteiger partial charge < -0.3 is 21.5 Å². The number of hydrogen-bond donors (Lipinski definition) is 5. The number of fused-ring (bicyclic) bond motifs is 1. The molecule has 1 aliphatic heterocycles. The maximum atomic E-state index is 13.5. The lowest BCUT2D eigenvalue weighted by atomic mass is 9.70. The maximum absolute atomic E-state index is 13.5. The second-order valence-electron chi connectivity index (χ2n) is 9.18. The van der Waals surface area contributed by atoms with Crippen LogP contribution in [0.4, 0.5) is 15.8 Å². The summed E-state index contributed by atoms with van der Waals surface area (Å²) in [5.41, 5.74) is 10.4. The molecule has 4 rings (SSSR count). The van der Waals surface area contributed by atoms with Crippen molar-refractivity contribution in [1.82, 2.24) is 26.4 Å². The third-order valence-corrected chi connectivity index (χ3v) is 5.56. The summed E-state index contributed by atoms with van der Waals surface area (Å²) in [6.45, 7) is 6.92. The van der Waals surface area contributed by atoms with Crippen LogP contribution in [-0.2, 0) is 5.44 Å². The molecule has 0 spiro atoms. The molecule has 11 heteroatoms. The van der Waals surface area contributed by atoms with E-state index in [9.17, 15) is 9.65 Å². The summed E-state index contributed by atoms with van der Waals surface area (Å²) in [6.07, 6.45) is 4.51. The van der Waals surface area contributed by atoms with Gasteiger partial charge in [0.25, 0.3) is 0 Å². The summed E-state index contributed by atoms with van der Waals surface area (Å²) in [6, 6.07) is 8.50. The molecule has 0 aliphatic carbocycles. The van der Waals surface area contributed by atoms with E-state index in [1.165, 1.54) is 18.5 Å². The average molecular weight is 477 g/mol. The zero-order chi connectivity index (χ0) is 24.5. The van der Waals surface area contributed by atoms with E-state index in [1.807, 2.05) is 6.07 Å². The highest BCUT2D eigenvalue weighted by Crippen LogP contribution is 2.37. The predicted octanol–water partition coefficient (Wildman–Crippen LogP) is 3.64. The van der Waals surface area contributed by atoms with E-state index in [2.05, 4.69) is 63.8 Å². The minimum Gasteiger partial charge on any atom is -0.383 e. The van der Waals surface area contributed by atoms with Gasteiger partial charge in [-0.3, -0.25) is 4.98 Å². The fraction of sp³-hybridized carbons (Fsp3) is 0.261. The highest BCUT2D eigenvalue weighted by Gasteiger charge is 2.33. The Hall–Kier alpha value is -3.55. The van der Waals surface area contributed by atoms with E-state index in [-0.39, 0.29) is 5.41 Å². The molecular formula is C23H23BClFN8. The van der Waals surface area contributed by atoms with Crippen molar-refractivity contribution >= 4 is 41.7 Å². The lowest BCUT2D eigenvalue weighted by molar-refractivity contribution is 0.443. The number of rotatable bonds is 6. The summed E-state index contributed by atoms with van der Waals surface area (Å²) in [7, 11) is 6.80. The second kappa shape index (κ2) is 9.01. The fourth-order valence-corrected chi connectivity index (χ4v) is 3.82. The van der Waals surface area contributed by atoms with E-state index in [1.54, 1.807) is 18.3 Å². The van der Waals surface area contributed by atoms with E-state index >= 15 is 0 Å². The second-order valence-corrected chi connectivity index (χ2v) is 9.59. The van der Waals surface area contributed by atoms with Gasteiger partial charge >= 0.3 is 0 Å². The van der Waals surface area contributed by atoms with Crippen LogP contribution in [0.2, 0.25) is 5.02 Å². The van der Waals surface area contributed by atoms with Gasteiger partial charge in [-0.15, -0.1) is 0 Å². The lowest BCUT2D eigenvalue weighted by Crippen LogP contribution is -2.45. The van der Waals surface area contributed by atoms with Crippen LogP contribution < -0.4 is 27.0 Å². The molecular weight excluding hydrogens is 454 g/mol. The van der Waals surface area contributed by atoms with Crippen LogP contribution in [0.25, 0.3) is 10.9 Å². The standard InChI is InChI=1S/C23H23BClFN8/c1-22(2,3)12-30-20-13(8-27)9-29-21-16(20)6-15(7-17(21)25)32-23(24,18-11-31-34-33-18)14-4-5-19(26)28-10-14/h4-7,9-11,31-34H,12H2,1-3H3,(H,29,30). The van der Waals surface area contributed by atoms with Crippen LogP contribution in [0.15, 0.2) is 48.6 Å². The van der Waals surface area contributed by atoms with Crippen LogP contribution in [-0.4, -0.2) is 24.4 Å². The van der Waals surface area contributed by atoms with Crippen molar-refractivity contribution in [1.29, 1.82) is 5.26 Å². The van der Waals surface area contributed by atoms with Crippen molar-refractivity contribution in [3.63, 3.8) is 0 Å². The van der Waals surface area contributed by atoms with Crippen molar-refractivity contribution in [2.75, 3.05) is 17.2 Å². The Balaban J connectivity index is 1.83. The number of hydrazine groups is 2. The van der Waals surface area contributed by atoms with Gasteiger partial charge in [0.1, 0.15) is 13.9 Å². The predicted molar refractivity (Wildman–Crippen MR) is 132 cm³/mol.